The zero-order valence-electron chi connectivity index (χ0n) is 33.1. The predicted octanol–water partition coefficient (Wildman–Crippen LogP) is 11.3. The van der Waals surface area contributed by atoms with Crippen molar-refractivity contribution in [3.05, 3.63) is 203 Å². The van der Waals surface area contributed by atoms with Gasteiger partial charge in [0.1, 0.15) is 0 Å². The van der Waals surface area contributed by atoms with Crippen LogP contribution < -0.4 is 21.3 Å². The Morgan fingerprint density at radius 3 is 1.50 bits per heavy atom. The van der Waals surface area contributed by atoms with E-state index in [1.54, 1.807) is 0 Å². The fourth-order valence-electron chi connectivity index (χ4n) is 8.63. The molecule has 7 aromatic carbocycles. The van der Waals surface area contributed by atoms with Crippen molar-refractivity contribution in [1.82, 2.24) is 9.97 Å². The number of rotatable bonds is 9. The van der Waals surface area contributed by atoms with E-state index in [2.05, 4.69) is 186 Å². The Kier molecular flexibility index (Phi) is 10.2. The van der Waals surface area contributed by atoms with Crippen molar-refractivity contribution in [3.8, 4) is 33.5 Å². The summed E-state index contributed by atoms with van der Waals surface area (Å²) in [6, 6.07) is 56.7. The summed E-state index contributed by atoms with van der Waals surface area (Å²) in [5.74, 6) is 0.750. The second kappa shape index (κ2) is 15.7. The predicted molar refractivity (Wildman–Crippen MR) is 239 cm³/mol. The third-order valence-corrected chi connectivity index (χ3v) is 10.9. The van der Waals surface area contributed by atoms with Crippen LogP contribution in [0, 0.1) is 41.5 Å². The summed E-state index contributed by atoms with van der Waals surface area (Å²) in [5, 5.41) is 0. The van der Waals surface area contributed by atoms with E-state index in [1.807, 2.05) is 30.6 Å². The van der Waals surface area contributed by atoms with Gasteiger partial charge in [0.05, 0.1) is 18.1 Å². The SMILES string of the molecule is Cc1cc(C)c(B(c2ccc(N(c3cccc(-c4ccccc4-c4ccccc4)c3)c3cncc(-c4ccccc4)n3)cc2)c2c(C)cc(C)cc2C)c(C)c1. The Bertz CT molecular complexity index is 2550. The van der Waals surface area contributed by atoms with E-state index in [4.69, 9.17) is 9.97 Å². The molecule has 0 aliphatic rings. The van der Waals surface area contributed by atoms with Crippen LogP contribution in [0.2, 0.25) is 0 Å². The molecule has 0 saturated carbocycles. The van der Waals surface area contributed by atoms with Crippen molar-refractivity contribution < 1.29 is 0 Å². The molecule has 0 N–H and O–H groups in total. The number of hydrogen-bond acceptors (Lipinski definition) is 3. The van der Waals surface area contributed by atoms with Crippen LogP contribution in [0.1, 0.15) is 33.4 Å². The summed E-state index contributed by atoms with van der Waals surface area (Å²) in [6.07, 6.45) is 3.71. The van der Waals surface area contributed by atoms with Crippen LogP contribution in [-0.2, 0) is 0 Å². The fourth-order valence-corrected chi connectivity index (χ4v) is 8.63. The van der Waals surface area contributed by atoms with Crippen molar-refractivity contribution in [2.75, 3.05) is 4.90 Å². The molecule has 56 heavy (non-hydrogen) atoms. The highest BCUT2D eigenvalue weighted by atomic mass is 15.2. The Labute approximate surface area is 332 Å². The van der Waals surface area contributed by atoms with Crippen molar-refractivity contribution in [2.45, 2.75) is 41.5 Å². The van der Waals surface area contributed by atoms with Gasteiger partial charge in [0.25, 0.3) is 0 Å². The zero-order valence-corrected chi connectivity index (χ0v) is 33.1. The molecule has 0 atom stereocenters. The number of aromatic nitrogens is 2. The first-order valence-electron chi connectivity index (χ1n) is 19.4. The summed E-state index contributed by atoms with van der Waals surface area (Å²) in [7, 11) is 0. The van der Waals surface area contributed by atoms with Gasteiger partial charge in [-0.2, -0.15) is 0 Å². The van der Waals surface area contributed by atoms with Crippen LogP contribution in [0.25, 0.3) is 33.5 Å². The van der Waals surface area contributed by atoms with Crippen molar-refractivity contribution in [3.63, 3.8) is 0 Å². The molecule has 0 aliphatic heterocycles. The average Bonchev–Trinajstić information content (AvgIpc) is 3.21. The van der Waals surface area contributed by atoms with Gasteiger partial charge >= 0.3 is 0 Å². The third-order valence-electron chi connectivity index (χ3n) is 10.9. The van der Waals surface area contributed by atoms with E-state index in [1.165, 1.54) is 66.5 Å². The van der Waals surface area contributed by atoms with Crippen LogP contribution in [0.3, 0.4) is 0 Å². The van der Waals surface area contributed by atoms with Gasteiger partial charge in [-0.1, -0.05) is 183 Å². The maximum absolute atomic E-state index is 5.24. The standard InChI is InChI=1S/C52H46BN3/c1-35-28-37(3)51(38(4)29-35)53(52-39(5)30-36(2)31-40(52)6)44-24-26-45(27-25-44)56(50-34-54-33-49(55-50)42-18-11-8-12-19-42)46-21-15-20-43(32-46)48-23-14-13-22-47(48)41-16-9-7-10-17-41/h7-34H,1-6H3. The van der Waals surface area contributed by atoms with Gasteiger partial charge in [-0.25, -0.2) is 4.98 Å². The number of anilines is 3. The lowest BCUT2D eigenvalue weighted by molar-refractivity contribution is 1.13. The molecule has 0 bridgehead atoms. The number of nitrogens with zero attached hydrogens (tertiary/aromatic N) is 3. The normalized spacial score (nSPS) is 11.0. The first-order chi connectivity index (χ1) is 27.2. The second-order valence-electron chi connectivity index (χ2n) is 15.1. The molecule has 8 rings (SSSR count). The molecular weight excluding hydrogens is 677 g/mol. The lowest BCUT2D eigenvalue weighted by atomic mass is 9.34. The van der Waals surface area contributed by atoms with E-state index < -0.39 is 0 Å². The van der Waals surface area contributed by atoms with Crippen LogP contribution in [0.15, 0.2) is 170 Å². The highest BCUT2D eigenvalue weighted by molar-refractivity contribution is 6.96. The van der Waals surface area contributed by atoms with Gasteiger partial charge in [0.15, 0.2) is 5.82 Å². The summed E-state index contributed by atoms with van der Waals surface area (Å²) in [6.45, 7) is 13.5. The van der Waals surface area contributed by atoms with Crippen molar-refractivity contribution >= 4 is 40.3 Å². The van der Waals surface area contributed by atoms with E-state index in [0.29, 0.717) is 0 Å². The van der Waals surface area contributed by atoms with Crippen LogP contribution in [0.5, 0.6) is 0 Å². The molecule has 1 heterocycles. The first-order valence-corrected chi connectivity index (χ1v) is 19.4. The Balaban J connectivity index is 1.29. The van der Waals surface area contributed by atoms with Gasteiger partial charge in [-0.15, -0.1) is 0 Å². The van der Waals surface area contributed by atoms with Gasteiger partial charge in [-0.05, 0) is 88.1 Å². The molecule has 272 valence electrons. The van der Waals surface area contributed by atoms with Crippen LogP contribution in [0.4, 0.5) is 17.2 Å². The smallest absolute Gasteiger partial charge is 0.242 e. The van der Waals surface area contributed by atoms with Gasteiger partial charge in [-0.3, -0.25) is 9.88 Å². The monoisotopic (exact) mass is 723 g/mol. The molecule has 0 fully saturated rings. The van der Waals surface area contributed by atoms with E-state index in [-0.39, 0.29) is 6.71 Å². The van der Waals surface area contributed by atoms with Gasteiger partial charge < -0.3 is 0 Å². The summed E-state index contributed by atoms with van der Waals surface area (Å²) in [4.78, 5) is 12.2. The molecule has 4 heteroatoms. The summed E-state index contributed by atoms with van der Waals surface area (Å²) >= 11 is 0. The van der Waals surface area contributed by atoms with Crippen molar-refractivity contribution in [1.29, 1.82) is 0 Å². The topological polar surface area (TPSA) is 29.0 Å². The Morgan fingerprint density at radius 2 is 0.929 bits per heavy atom. The van der Waals surface area contributed by atoms with E-state index in [0.717, 1.165) is 34.0 Å². The van der Waals surface area contributed by atoms with E-state index >= 15 is 0 Å². The molecule has 0 spiro atoms. The average molecular weight is 724 g/mol. The minimum absolute atomic E-state index is 0.0812. The largest absolute Gasteiger partial charge is 0.294 e. The Hall–Kier alpha value is -6.52. The molecule has 0 saturated heterocycles. The number of benzene rings is 7. The maximum atomic E-state index is 5.24. The lowest BCUT2D eigenvalue weighted by Crippen LogP contribution is -2.55. The quantitative estimate of drug-likeness (QED) is 0.139. The molecule has 0 aliphatic carbocycles. The second-order valence-corrected chi connectivity index (χ2v) is 15.1. The molecular formula is C52H46BN3. The van der Waals surface area contributed by atoms with Crippen LogP contribution >= 0.6 is 0 Å². The minimum atomic E-state index is 0.0812. The molecule has 3 nitrogen and oxygen atoms in total. The van der Waals surface area contributed by atoms with Gasteiger partial charge in [0.2, 0.25) is 6.71 Å². The fraction of sp³-hybridized carbons (Fsp3) is 0.115. The lowest BCUT2D eigenvalue weighted by Gasteiger charge is -2.27. The van der Waals surface area contributed by atoms with E-state index in [9.17, 15) is 0 Å². The molecule has 0 radical (unpaired) electrons. The molecule has 0 amide bonds. The molecule has 8 aromatic rings. The highest BCUT2D eigenvalue weighted by Crippen LogP contribution is 2.38. The zero-order chi connectivity index (χ0) is 38.8. The van der Waals surface area contributed by atoms with Crippen LogP contribution in [-0.4, -0.2) is 16.7 Å². The summed E-state index contributed by atoms with van der Waals surface area (Å²) < 4.78 is 0. The Morgan fingerprint density at radius 1 is 0.429 bits per heavy atom. The van der Waals surface area contributed by atoms with Crippen molar-refractivity contribution in [2.24, 2.45) is 0 Å². The highest BCUT2D eigenvalue weighted by Gasteiger charge is 2.29. The first kappa shape index (κ1) is 36.5. The summed E-state index contributed by atoms with van der Waals surface area (Å²) in [5.41, 5.74) is 20.4. The molecule has 1 aromatic heterocycles. The minimum Gasteiger partial charge on any atom is -0.294 e. The molecule has 0 unspecified atom stereocenters. The number of aryl methyl sites for hydroxylation is 6. The van der Waals surface area contributed by atoms with Gasteiger partial charge in [0, 0.05) is 16.9 Å². The number of hydrogen-bond donors (Lipinski definition) is 0. The third kappa shape index (κ3) is 7.31. The maximum Gasteiger partial charge on any atom is 0.242 e.